The minimum Gasteiger partial charge on any atom is -0.497 e. The van der Waals surface area contributed by atoms with Crippen LogP contribution in [0.15, 0.2) is 48.5 Å². The molecule has 0 aliphatic carbocycles. The average molecular weight is 327 g/mol. The third-order valence-corrected chi connectivity index (χ3v) is 3.24. The van der Waals surface area contributed by atoms with Crippen LogP contribution in [0.4, 0.5) is 5.69 Å². The molecule has 24 heavy (non-hydrogen) atoms. The van der Waals surface area contributed by atoms with Crippen molar-refractivity contribution in [3.8, 4) is 5.75 Å². The number of rotatable bonds is 6. The van der Waals surface area contributed by atoms with Crippen molar-refractivity contribution >= 4 is 23.3 Å². The first-order chi connectivity index (χ1) is 11.5. The van der Waals surface area contributed by atoms with E-state index in [0.29, 0.717) is 22.6 Å². The molecule has 0 radical (unpaired) electrons. The summed E-state index contributed by atoms with van der Waals surface area (Å²) >= 11 is 0. The van der Waals surface area contributed by atoms with Crippen LogP contribution in [0.3, 0.4) is 0 Å². The number of para-hydroxylation sites is 1. The molecule has 2 aromatic rings. The fraction of sp³-hybridized carbons (Fsp3) is 0.167. The molecule has 0 bridgehead atoms. The van der Waals surface area contributed by atoms with Crippen LogP contribution >= 0.6 is 0 Å². The topological polar surface area (TPSA) is 81.7 Å². The maximum Gasteiger partial charge on any atom is 0.338 e. The Balaban J connectivity index is 1.93. The van der Waals surface area contributed by atoms with Crippen LogP contribution in [-0.4, -0.2) is 31.4 Å². The third-order valence-electron chi connectivity index (χ3n) is 3.24. The van der Waals surface area contributed by atoms with Gasteiger partial charge in [-0.15, -0.1) is 0 Å². The van der Waals surface area contributed by atoms with Crippen LogP contribution in [0.25, 0.3) is 0 Å². The number of esters is 1. The van der Waals surface area contributed by atoms with E-state index in [2.05, 4.69) is 5.32 Å². The van der Waals surface area contributed by atoms with Gasteiger partial charge in [-0.3, -0.25) is 9.59 Å². The first kappa shape index (κ1) is 17.2. The van der Waals surface area contributed by atoms with Gasteiger partial charge in [-0.2, -0.15) is 0 Å². The Kier molecular flexibility index (Phi) is 5.68. The summed E-state index contributed by atoms with van der Waals surface area (Å²) < 4.78 is 9.96. The summed E-state index contributed by atoms with van der Waals surface area (Å²) in [6, 6.07) is 13.0. The molecular formula is C18H17NO5. The van der Waals surface area contributed by atoms with E-state index in [-0.39, 0.29) is 5.78 Å². The molecule has 6 nitrogen and oxygen atoms in total. The Labute approximate surface area is 139 Å². The number of anilines is 1. The van der Waals surface area contributed by atoms with Gasteiger partial charge in [-0.25, -0.2) is 4.79 Å². The van der Waals surface area contributed by atoms with E-state index in [4.69, 9.17) is 9.47 Å². The highest BCUT2D eigenvalue weighted by molar-refractivity contribution is 6.04. The van der Waals surface area contributed by atoms with Crippen molar-refractivity contribution in [3.05, 3.63) is 59.7 Å². The van der Waals surface area contributed by atoms with Crippen molar-refractivity contribution < 1.29 is 23.9 Å². The molecule has 0 fully saturated rings. The zero-order valence-electron chi connectivity index (χ0n) is 13.4. The van der Waals surface area contributed by atoms with Crippen LogP contribution < -0.4 is 10.1 Å². The molecule has 0 aliphatic rings. The smallest absolute Gasteiger partial charge is 0.338 e. The standard InChI is InChI=1S/C18H17NO5/c1-12(20)15-5-3-4-6-16(15)19-17(21)11-24-18(22)13-7-9-14(23-2)10-8-13/h3-10H,11H2,1-2H3,(H,19,21). The van der Waals surface area contributed by atoms with Crippen molar-refractivity contribution in [1.82, 2.24) is 0 Å². The molecule has 0 saturated heterocycles. The molecule has 2 rings (SSSR count). The Bertz CT molecular complexity index is 752. The van der Waals surface area contributed by atoms with Crippen LogP contribution in [0.1, 0.15) is 27.6 Å². The molecule has 0 heterocycles. The number of benzene rings is 2. The van der Waals surface area contributed by atoms with Gasteiger partial charge in [-0.05, 0) is 43.3 Å². The summed E-state index contributed by atoms with van der Waals surface area (Å²) in [4.78, 5) is 35.3. The average Bonchev–Trinajstić information content (AvgIpc) is 2.60. The number of ketones is 1. The number of carbonyl (C=O) groups excluding carboxylic acids is 3. The largest absolute Gasteiger partial charge is 0.497 e. The van der Waals surface area contributed by atoms with Gasteiger partial charge in [0.15, 0.2) is 12.4 Å². The molecule has 0 aromatic heterocycles. The van der Waals surface area contributed by atoms with Crippen molar-refractivity contribution in [2.45, 2.75) is 6.92 Å². The number of methoxy groups -OCH3 is 1. The Morgan fingerprint density at radius 3 is 2.29 bits per heavy atom. The summed E-state index contributed by atoms with van der Waals surface area (Å²) in [5, 5.41) is 2.56. The number of carbonyl (C=O) groups is 3. The zero-order valence-corrected chi connectivity index (χ0v) is 13.4. The minimum atomic E-state index is -0.618. The predicted octanol–water partition coefficient (Wildman–Crippen LogP) is 2.69. The molecule has 0 saturated carbocycles. The van der Waals surface area contributed by atoms with Gasteiger partial charge >= 0.3 is 5.97 Å². The Morgan fingerprint density at radius 1 is 1.00 bits per heavy atom. The Morgan fingerprint density at radius 2 is 1.67 bits per heavy atom. The third kappa shape index (κ3) is 4.42. The van der Waals surface area contributed by atoms with E-state index < -0.39 is 18.5 Å². The number of ether oxygens (including phenoxy) is 2. The molecular weight excluding hydrogens is 310 g/mol. The second kappa shape index (κ2) is 7.92. The van der Waals surface area contributed by atoms with Gasteiger partial charge in [0.1, 0.15) is 5.75 Å². The zero-order chi connectivity index (χ0) is 17.5. The van der Waals surface area contributed by atoms with Gasteiger partial charge in [0.2, 0.25) is 0 Å². The molecule has 6 heteroatoms. The van der Waals surface area contributed by atoms with Crippen LogP contribution in [-0.2, 0) is 9.53 Å². The molecule has 1 N–H and O–H groups in total. The number of hydrogen-bond donors (Lipinski definition) is 1. The fourth-order valence-electron chi connectivity index (χ4n) is 2.03. The van der Waals surface area contributed by atoms with E-state index in [1.807, 2.05) is 0 Å². The first-order valence-electron chi connectivity index (χ1n) is 7.22. The predicted molar refractivity (Wildman–Crippen MR) is 88.4 cm³/mol. The summed E-state index contributed by atoms with van der Waals surface area (Å²) in [5.41, 5.74) is 1.09. The highest BCUT2D eigenvalue weighted by Crippen LogP contribution is 2.15. The summed E-state index contributed by atoms with van der Waals surface area (Å²) in [6.07, 6.45) is 0. The number of Topliss-reactive ketones (excluding diaryl/α,β-unsaturated/α-hetero) is 1. The van der Waals surface area contributed by atoms with Gasteiger partial charge in [0.25, 0.3) is 5.91 Å². The molecule has 0 unspecified atom stereocenters. The van der Waals surface area contributed by atoms with Gasteiger partial charge in [0.05, 0.1) is 18.4 Å². The van der Waals surface area contributed by atoms with Crippen LogP contribution in [0.2, 0.25) is 0 Å². The van der Waals surface area contributed by atoms with E-state index in [1.54, 1.807) is 48.5 Å². The second-order valence-electron chi connectivity index (χ2n) is 4.95. The van der Waals surface area contributed by atoms with Crippen LogP contribution in [0.5, 0.6) is 5.75 Å². The van der Waals surface area contributed by atoms with Crippen molar-refractivity contribution in [3.63, 3.8) is 0 Å². The summed E-state index contributed by atoms with van der Waals surface area (Å²) in [5.74, 6) is -0.690. The SMILES string of the molecule is COc1ccc(C(=O)OCC(=O)Nc2ccccc2C(C)=O)cc1. The van der Waals surface area contributed by atoms with Crippen molar-refractivity contribution in [1.29, 1.82) is 0 Å². The van der Waals surface area contributed by atoms with E-state index in [0.717, 1.165) is 0 Å². The normalized spacial score (nSPS) is 9.92. The van der Waals surface area contributed by atoms with Gasteiger partial charge in [-0.1, -0.05) is 12.1 Å². The van der Waals surface area contributed by atoms with Gasteiger partial charge in [0, 0.05) is 5.56 Å². The highest BCUT2D eigenvalue weighted by atomic mass is 16.5. The Hall–Kier alpha value is -3.15. The highest BCUT2D eigenvalue weighted by Gasteiger charge is 2.13. The molecule has 0 spiro atoms. The fourth-order valence-corrected chi connectivity index (χ4v) is 2.03. The lowest BCUT2D eigenvalue weighted by molar-refractivity contribution is -0.119. The van der Waals surface area contributed by atoms with Crippen LogP contribution in [0, 0.1) is 0 Å². The quantitative estimate of drug-likeness (QED) is 0.651. The number of nitrogens with one attached hydrogen (secondary N) is 1. The molecule has 2 aromatic carbocycles. The summed E-state index contributed by atoms with van der Waals surface area (Å²) in [7, 11) is 1.52. The molecule has 124 valence electrons. The number of hydrogen-bond acceptors (Lipinski definition) is 5. The lowest BCUT2D eigenvalue weighted by Crippen LogP contribution is -2.22. The van der Waals surface area contributed by atoms with E-state index in [1.165, 1.54) is 14.0 Å². The second-order valence-corrected chi connectivity index (χ2v) is 4.95. The molecule has 1 amide bonds. The van der Waals surface area contributed by atoms with E-state index >= 15 is 0 Å². The van der Waals surface area contributed by atoms with Crippen molar-refractivity contribution in [2.75, 3.05) is 19.0 Å². The first-order valence-corrected chi connectivity index (χ1v) is 7.22. The van der Waals surface area contributed by atoms with E-state index in [9.17, 15) is 14.4 Å². The van der Waals surface area contributed by atoms with Crippen molar-refractivity contribution in [2.24, 2.45) is 0 Å². The summed E-state index contributed by atoms with van der Waals surface area (Å²) in [6.45, 7) is 0.964. The minimum absolute atomic E-state index is 0.166. The molecule has 0 atom stereocenters. The maximum absolute atomic E-state index is 11.9. The lowest BCUT2D eigenvalue weighted by atomic mass is 10.1. The molecule has 0 aliphatic heterocycles. The van der Waals surface area contributed by atoms with Gasteiger partial charge < -0.3 is 14.8 Å². The maximum atomic E-state index is 11.9. The lowest BCUT2D eigenvalue weighted by Gasteiger charge is -2.09. The number of amides is 1. The monoisotopic (exact) mass is 327 g/mol.